The Kier molecular flexibility index (Phi) is 3.77. The summed E-state index contributed by atoms with van der Waals surface area (Å²) >= 11 is 2.98. The van der Waals surface area contributed by atoms with E-state index in [4.69, 9.17) is 0 Å². The van der Waals surface area contributed by atoms with Gasteiger partial charge in [-0.15, -0.1) is 0 Å². The number of aliphatic imine (C=N–C) groups is 1. The van der Waals surface area contributed by atoms with E-state index in [9.17, 15) is 9.59 Å². The fourth-order valence-corrected chi connectivity index (χ4v) is 4.54. The highest BCUT2D eigenvalue weighted by molar-refractivity contribution is 8.18. The highest BCUT2D eigenvalue weighted by atomic mass is 32.2. The molecule has 1 atom stereocenters. The molecule has 5 nitrogen and oxygen atoms in total. The average molecular weight is 319 g/mol. The molecule has 1 aromatic carbocycles. The lowest BCUT2D eigenvalue weighted by molar-refractivity contribution is -0.134. The van der Waals surface area contributed by atoms with Crippen molar-refractivity contribution in [1.82, 2.24) is 10.0 Å². The standard InChI is InChI=1S/C14H13N3O2S2/c1-9(18)15-14-16(10(2)19)17-12(21-14)8-20-13(17)11-6-4-3-5-7-11/h3-8,13H,1-2H3/t13-/m1/s1. The number of carbonyl (C=O) groups excluding carboxylic acids is 2. The van der Waals surface area contributed by atoms with Crippen molar-refractivity contribution in [3.63, 3.8) is 0 Å². The van der Waals surface area contributed by atoms with E-state index in [2.05, 4.69) is 4.99 Å². The quantitative estimate of drug-likeness (QED) is 0.796. The monoisotopic (exact) mass is 319 g/mol. The maximum Gasteiger partial charge on any atom is 0.245 e. The van der Waals surface area contributed by atoms with Crippen molar-refractivity contribution in [3.05, 3.63) is 46.3 Å². The molecule has 0 unspecified atom stereocenters. The van der Waals surface area contributed by atoms with E-state index in [0.29, 0.717) is 5.17 Å². The fourth-order valence-electron chi connectivity index (χ4n) is 2.18. The Morgan fingerprint density at radius 1 is 1.19 bits per heavy atom. The minimum absolute atomic E-state index is 0.0164. The molecular weight excluding hydrogens is 306 g/mol. The van der Waals surface area contributed by atoms with E-state index in [1.165, 1.54) is 30.6 Å². The molecule has 2 amide bonds. The van der Waals surface area contributed by atoms with Crippen LogP contribution in [0.3, 0.4) is 0 Å². The van der Waals surface area contributed by atoms with Crippen molar-refractivity contribution in [1.29, 1.82) is 0 Å². The molecule has 1 aromatic rings. The Morgan fingerprint density at radius 2 is 1.90 bits per heavy atom. The summed E-state index contributed by atoms with van der Waals surface area (Å²) < 4.78 is 0. The zero-order valence-corrected chi connectivity index (χ0v) is 13.1. The lowest BCUT2D eigenvalue weighted by Gasteiger charge is -2.30. The van der Waals surface area contributed by atoms with E-state index in [1.807, 2.05) is 40.7 Å². The number of fused-ring (bicyclic) bond motifs is 1. The van der Waals surface area contributed by atoms with Gasteiger partial charge in [-0.05, 0) is 17.3 Å². The molecule has 0 spiro atoms. The van der Waals surface area contributed by atoms with Gasteiger partial charge in [0.2, 0.25) is 11.8 Å². The lowest BCUT2D eigenvalue weighted by atomic mass is 10.2. The Hall–Kier alpha value is -1.73. The van der Waals surface area contributed by atoms with Gasteiger partial charge in [-0.3, -0.25) is 14.6 Å². The number of rotatable bonds is 1. The van der Waals surface area contributed by atoms with Crippen LogP contribution in [0.25, 0.3) is 0 Å². The molecule has 1 saturated heterocycles. The molecule has 0 radical (unpaired) electrons. The molecule has 2 aliphatic rings. The summed E-state index contributed by atoms with van der Waals surface area (Å²) in [5.74, 6) is -0.469. The Bertz CT molecular complexity index is 657. The summed E-state index contributed by atoms with van der Waals surface area (Å²) in [6.07, 6.45) is 0. The Morgan fingerprint density at radius 3 is 2.52 bits per heavy atom. The van der Waals surface area contributed by atoms with Gasteiger partial charge in [0.15, 0.2) is 5.17 Å². The van der Waals surface area contributed by atoms with Gasteiger partial charge in [0.05, 0.1) is 0 Å². The van der Waals surface area contributed by atoms with Gasteiger partial charge in [0, 0.05) is 19.3 Å². The van der Waals surface area contributed by atoms with Gasteiger partial charge in [-0.25, -0.2) is 0 Å². The summed E-state index contributed by atoms with van der Waals surface area (Å²) in [5, 5.41) is 6.70. The van der Waals surface area contributed by atoms with Crippen LogP contribution in [0.4, 0.5) is 0 Å². The molecule has 108 valence electrons. The van der Waals surface area contributed by atoms with Crippen LogP contribution in [-0.2, 0) is 9.59 Å². The van der Waals surface area contributed by atoms with Crippen molar-refractivity contribution in [3.8, 4) is 0 Å². The maximum atomic E-state index is 12.0. The van der Waals surface area contributed by atoms with E-state index in [0.717, 1.165) is 10.6 Å². The van der Waals surface area contributed by atoms with Crippen molar-refractivity contribution in [2.75, 3.05) is 0 Å². The van der Waals surface area contributed by atoms with Gasteiger partial charge < -0.3 is 0 Å². The van der Waals surface area contributed by atoms with Crippen LogP contribution in [0, 0.1) is 0 Å². The SMILES string of the molecule is CC(=O)N=C1SC2=CS[C@H](c3ccccc3)N2N1C(C)=O. The molecule has 0 aliphatic carbocycles. The Labute approximate surface area is 131 Å². The van der Waals surface area contributed by atoms with Gasteiger partial charge in [-0.2, -0.15) is 10.0 Å². The number of hydrogen-bond donors (Lipinski definition) is 0. The molecule has 0 bridgehead atoms. The van der Waals surface area contributed by atoms with Crippen LogP contribution >= 0.6 is 23.5 Å². The molecule has 21 heavy (non-hydrogen) atoms. The second kappa shape index (κ2) is 5.57. The first-order valence-electron chi connectivity index (χ1n) is 6.35. The first kappa shape index (κ1) is 14.2. The second-order valence-corrected chi connectivity index (χ2v) is 6.49. The zero-order chi connectivity index (χ0) is 15.0. The molecule has 2 heterocycles. The molecule has 3 rings (SSSR count). The number of carbonyl (C=O) groups is 2. The smallest absolute Gasteiger partial charge is 0.245 e. The van der Waals surface area contributed by atoms with Crippen molar-refractivity contribution in [2.45, 2.75) is 19.2 Å². The highest BCUT2D eigenvalue weighted by Gasteiger charge is 2.43. The van der Waals surface area contributed by atoms with E-state index in [1.54, 1.807) is 11.8 Å². The second-order valence-electron chi connectivity index (χ2n) is 4.55. The summed E-state index contributed by atoms with van der Waals surface area (Å²) in [6.45, 7) is 2.86. The van der Waals surface area contributed by atoms with Crippen molar-refractivity contribution < 1.29 is 9.59 Å². The molecule has 1 fully saturated rings. The molecule has 0 saturated carbocycles. The van der Waals surface area contributed by atoms with Crippen LogP contribution < -0.4 is 0 Å². The number of amides is 2. The summed E-state index contributed by atoms with van der Waals surface area (Å²) in [4.78, 5) is 27.2. The van der Waals surface area contributed by atoms with Gasteiger partial charge in [-0.1, -0.05) is 42.1 Å². The van der Waals surface area contributed by atoms with Gasteiger partial charge >= 0.3 is 0 Å². The van der Waals surface area contributed by atoms with Crippen LogP contribution in [0.15, 0.2) is 45.8 Å². The summed E-state index contributed by atoms with van der Waals surface area (Å²) in [7, 11) is 0. The number of hydrazine groups is 1. The van der Waals surface area contributed by atoms with Crippen LogP contribution in [0.5, 0.6) is 0 Å². The minimum Gasteiger partial charge on any atom is -0.273 e. The normalized spacial score (nSPS) is 22.5. The first-order chi connectivity index (χ1) is 10.1. The highest BCUT2D eigenvalue weighted by Crippen LogP contribution is 2.51. The van der Waals surface area contributed by atoms with E-state index in [-0.39, 0.29) is 17.2 Å². The predicted molar refractivity (Wildman–Crippen MR) is 84.9 cm³/mol. The number of benzene rings is 1. The third-order valence-corrected chi connectivity index (χ3v) is 5.17. The first-order valence-corrected chi connectivity index (χ1v) is 8.11. The third-order valence-electron chi connectivity index (χ3n) is 2.97. The van der Waals surface area contributed by atoms with Gasteiger partial charge in [0.25, 0.3) is 0 Å². The molecule has 7 heteroatoms. The van der Waals surface area contributed by atoms with Crippen LogP contribution in [0.2, 0.25) is 0 Å². The van der Waals surface area contributed by atoms with Crippen molar-refractivity contribution in [2.24, 2.45) is 4.99 Å². The lowest BCUT2D eigenvalue weighted by Crippen LogP contribution is -2.42. The minimum atomic E-state index is -0.311. The van der Waals surface area contributed by atoms with E-state index < -0.39 is 0 Å². The zero-order valence-electron chi connectivity index (χ0n) is 11.5. The number of amidine groups is 1. The van der Waals surface area contributed by atoms with Crippen LogP contribution in [-0.4, -0.2) is 27.0 Å². The van der Waals surface area contributed by atoms with E-state index >= 15 is 0 Å². The topological polar surface area (TPSA) is 53.0 Å². The average Bonchev–Trinajstić information content (AvgIpc) is 2.96. The number of nitrogens with zero attached hydrogens (tertiary/aromatic N) is 3. The molecule has 0 N–H and O–H groups in total. The Balaban J connectivity index is 1.99. The largest absolute Gasteiger partial charge is 0.273 e. The maximum absolute atomic E-state index is 12.0. The fraction of sp³-hybridized carbons (Fsp3) is 0.214. The number of hydrogen-bond acceptors (Lipinski definition) is 5. The van der Waals surface area contributed by atoms with Gasteiger partial charge in [0.1, 0.15) is 10.4 Å². The van der Waals surface area contributed by atoms with Crippen molar-refractivity contribution >= 4 is 40.5 Å². The predicted octanol–water partition coefficient (Wildman–Crippen LogP) is 2.95. The van der Waals surface area contributed by atoms with Crippen LogP contribution in [0.1, 0.15) is 24.8 Å². The number of thioether (sulfide) groups is 2. The molecule has 2 aliphatic heterocycles. The molecular formula is C14H13N3O2S2. The summed E-state index contributed by atoms with van der Waals surface area (Å²) in [6, 6.07) is 9.95. The third kappa shape index (κ3) is 2.58. The molecule has 0 aromatic heterocycles. The summed E-state index contributed by atoms with van der Waals surface area (Å²) in [5.41, 5.74) is 1.10.